The van der Waals surface area contributed by atoms with E-state index in [9.17, 15) is 0 Å². The van der Waals surface area contributed by atoms with Crippen LogP contribution in [0.1, 0.15) is 39.5 Å². The zero-order chi connectivity index (χ0) is 7.40. The van der Waals surface area contributed by atoms with Gasteiger partial charge in [-0.2, -0.15) is 0 Å². The summed E-state index contributed by atoms with van der Waals surface area (Å²) in [5.41, 5.74) is 0. The zero-order valence-electron chi connectivity index (χ0n) is 7.60. The fourth-order valence-corrected chi connectivity index (χ4v) is 1.65. The van der Waals surface area contributed by atoms with Crippen LogP contribution in [0.2, 0.25) is 0 Å². The third-order valence-electron chi connectivity index (χ3n) is 2.40. The smallest absolute Gasteiger partial charge is 0.00671 e. The second-order valence-electron chi connectivity index (χ2n) is 3.58. The van der Waals surface area contributed by atoms with Crippen LogP contribution in [0.5, 0.6) is 0 Å². The molecule has 68 valence electrons. The largest absolute Gasteiger partial charge is 0.314 e. The Labute approximate surface area is 76.4 Å². The molecule has 0 saturated carbocycles. The van der Waals surface area contributed by atoms with Crippen molar-refractivity contribution in [2.75, 3.05) is 6.54 Å². The highest BCUT2D eigenvalue weighted by molar-refractivity contribution is 5.85. The first kappa shape index (κ1) is 11.2. The average molecular weight is 178 g/mol. The zero-order valence-corrected chi connectivity index (χ0v) is 8.41. The van der Waals surface area contributed by atoms with Gasteiger partial charge in [-0.05, 0) is 31.7 Å². The van der Waals surface area contributed by atoms with Crippen LogP contribution in [0.25, 0.3) is 0 Å². The minimum absolute atomic E-state index is 0. The van der Waals surface area contributed by atoms with Gasteiger partial charge in [0.15, 0.2) is 0 Å². The van der Waals surface area contributed by atoms with E-state index in [1.807, 2.05) is 0 Å². The van der Waals surface area contributed by atoms with Gasteiger partial charge < -0.3 is 5.32 Å². The van der Waals surface area contributed by atoms with Crippen molar-refractivity contribution >= 4 is 12.4 Å². The lowest BCUT2D eigenvalue weighted by atomic mass is 9.94. The van der Waals surface area contributed by atoms with Crippen LogP contribution in [0.3, 0.4) is 0 Å². The fourth-order valence-electron chi connectivity index (χ4n) is 1.65. The van der Waals surface area contributed by atoms with E-state index in [1.54, 1.807) is 0 Å². The SMILES string of the molecule is CCCC1CCC(C)CN1.Cl. The Bertz CT molecular complexity index is 87.6. The highest BCUT2D eigenvalue weighted by Gasteiger charge is 2.15. The van der Waals surface area contributed by atoms with Crippen LogP contribution >= 0.6 is 12.4 Å². The highest BCUT2D eigenvalue weighted by Crippen LogP contribution is 2.15. The molecule has 1 fully saturated rings. The molecule has 1 nitrogen and oxygen atoms in total. The molecule has 2 atom stereocenters. The standard InChI is InChI=1S/C9H19N.ClH/c1-3-4-9-6-5-8(2)7-10-9;/h8-10H,3-7H2,1-2H3;1H. The lowest BCUT2D eigenvalue weighted by Crippen LogP contribution is -2.37. The van der Waals surface area contributed by atoms with Crippen molar-refractivity contribution in [2.24, 2.45) is 5.92 Å². The molecule has 0 spiro atoms. The molecule has 1 aliphatic rings. The molecule has 2 unspecified atom stereocenters. The molecular weight excluding hydrogens is 158 g/mol. The summed E-state index contributed by atoms with van der Waals surface area (Å²) in [6.07, 6.45) is 5.52. The average Bonchev–Trinajstić information content (AvgIpc) is 1.95. The molecule has 1 rings (SSSR count). The first-order chi connectivity index (χ1) is 4.83. The van der Waals surface area contributed by atoms with Crippen molar-refractivity contribution in [1.82, 2.24) is 5.32 Å². The molecule has 1 aliphatic heterocycles. The van der Waals surface area contributed by atoms with E-state index in [0.29, 0.717) is 0 Å². The van der Waals surface area contributed by atoms with Gasteiger partial charge in [-0.25, -0.2) is 0 Å². The molecule has 0 bridgehead atoms. The van der Waals surface area contributed by atoms with Crippen molar-refractivity contribution in [3.8, 4) is 0 Å². The number of nitrogens with one attached hydrogen (secondary N) is 1. The van der Waals surface area contributed by atoms with Crippen LogP contribution < -0.4 is 5.32 Å². The Morgan fingerprint density at radius 1 is 1.36 bits per heavy atom. The van der Waals surface area contributed by atoms with Gasteiger partial charge in [0.05, 0.1) is 0 Å². The molecular formula is C9H20ClN. The van der Waals surface area contributed by atoms with Crippen molar-refractivity contribution in [1.29, 1.82) is 0 Å². The number of halogens is 1. The van der Waals surface area contributed by atoms with Gasteiger partial charge in [-0.15, -0.1) is 12.4 Å². The summed E-state index contributed by atoms with van der Waals surface area (Å²) in [5.74, 6) is 0.910. The summed E-state index contributed by atoms with van der Waals surface area (Å²) >= 11 is 0. The predicted molar refractivity (Wildman–Crippen MR) is 52.3 cm³/mol. The van der Waals surface area contributed by atoms with Gasteiger partial charge in [0.25, 0.3) is 0 Å². The van der Waals surface area contributed by atoms with Crippen LogP contribution in [-0.2, 0) is 0 Å². The van der Waals surface area contributed by atoms with E-state index >= 15 is 0 Å². The minimum Gasteiger partial charge on any atom is -0.314 e. The Morgan fingerprint density at radius 3 is 2.55 bits per heavy atom. The molecule has 2 heteroatoms. The monoisotopic (exact) mass is 177 g/mol. The molecule has 0 aromatic carbocycles. The molecule has 0 aromatic heterocycles. The molecule has 0 aromatic rings. The lowest BCUT2D eigenvalue weighted by Gasteiger charge is -2.27. The predicted octanol–water partition coefficient (Wildman–Crippen LogP) is 2.60. The van der Waals surface area contributed by atoms with Gasteiger partial charge in [0.1, 0.15) is 0 Å². The van der Waals surface area contributed by atoms with Crippen molar-refractivity contribution in [3.63, 3.8) is 0 Å². The van der Waals surface area contributed by atoms with Gasteiger partial charge in [-0.1, -0.05) is 20.3 Å². The van der Waals surface area contributed by atoms with Gasteiger partial charge in [-0.3, -0.25) is 0 Å². The molecule has 0 amide bonds. The number of hydrogen-bond donors (Lipinski definition) is 1. The Hall–Kier alpha value is 0.250. The first-order valence-corrected chi connectivity index (χ1v) is 4.56. The van der Waals surface area contributed by atoms with E-state index in [0.717, 1.165) is 12.0 Å². The summed E-state index contributed by atoms with van der Waals surface area (Å²) in [7, 11) is 0. The third-order valence-corrected chi connectivity index (χ3v) is 2.40. The molecule has 11 heavy (non-hydrogen) atoms. The van der Waals surface area contributed by atoms with Crippen molar-refractivity contribution in [2.45, 2.75) is 45.6 Å². The quantitative estimate of drug-likeness (QED) is 0.684. The van der Waals surface area contributed by atoms with Gasteiger partial charge >= 0.3 is 0 Å². The summed E-state index contributed by atoms with van der Waals surface area (Å²) in [6.45, 7) is 5.83. The van der Waals surface area contributed by atoms with E-state index in [4.69, 9.17) is 0 Å². The molecule has 1 N–H and O–H groups in total. The lowest BCUT2D eigenvalue weighted by molar-refractivity contribution is 0.314. The van der Waals surface area contributed by atoms with E-state index in [-0.39, 0.29) is 12.4 Å². The van der Waals surface area contributed by atoms with E-state index < -0.39 is 0 Å². The summed E-state index contributed by atoms with van der Waals surface area (Å²) in [5, 5.41) is 3.57. The van der Waals surface area contributed by atoms with Crippen molar-refractivity contribution < 1.29 is 0 Å². The molecule has 1 heterocycles. The molecule has 0 radical (unpaired) electrons. The maximum atomic E-state index is 3.57. The van der Waals surface area contributed by atoms with Crippen LogP contribution in [0.15, 0.2) is 0 Å². The fraction of sp³-hybridized carbons (Fsp3) is 1.00. The Morgan fingerprint density at radius 2 is 2.09 bits per heavy atom. The summed E-state index contributed by atoms with van der Waals surface area (Å²) < 4.78 is 0. The molecule has 1 saturated heterocycles. The Balaban J connectivity index is 0.000001000. The van der Waals surface area contributed by atoms with Crippen LogP contribution in [0.4, 0.5) is 0 Å². The third kappa shape index (κ3) is 3.97. The normalized spacial score (nSPS) is 31.1. The number of hydrogen-bond acceptors (Lipinski definition) is 1. The van der Waals surface area contributed by atoms with Crippen LogP contribution in [0, 0.1) is 5.92 Å². The summed E-state index contributed by atoms with van der Waals surface area (Å²) in [4.78, 5) is 0. The van der Waals surface area contributed by atoms with Gasteiger partial charge in [0, 0.05) is 6.04 Å². The summed E-state index contributed by atoms with van der Waals surface area (Å²) in [6, 6.07) is 0.834. The topological polar surface area (TPSA) is 12.0 Å². The Kier molecular flexibility index (Phi) is 5.98. The number of rotatable bonds is 2. The van der Waals surface area contributed by atoms with Crippen molar-refractivity contribution in [3.05, 3.63) is 0 Å². The second-order valence-corrected chi connectivity index (χ2v) is 3.58. The maximum absolute atomic E-state index is 3.57. The van der Waals surface area contributed by atoms with Gasteiger partial charge in [0.2, 0.25) is 0 Å². The number of piperidine rings is 1. The molecule has 0 aliphatic carbocycles. The highest BCUT2D eigenvalue weighted by atomic mass is 35.5. The maximum Gasteiger partial charge on any atom is 0.00671 e. The first-order valence-electron chi connectivity index (χ1n) is 4.56. The van der Waals surface area contributed by atoms with E-state index in [1.165, 1.54) is 32.2 Å². The van der Waals surface area contributed by atoms with E-state index in [2.05, 4.69) is 19.2 Å². The minimum atomic E-state index is 0. The van der Waals surface area contributed by atoms with Crippen LogP contribution in [-0.4, -0.2) is 12.6 Å². The second kappa shape index (κ2) is 5.84.